The van der Waals surface area contributed by atoms with Crippen molar-refractivity contribution in [3.63, 3.8) is 0 Å². The standard InChI is InChI=1S/C9H18N2/c1-2-11-6-4-8-7-10-5-3-9(8)11/h8-10H,2-7H2,1H3. The van der Waals surface area contributed by atoms with Gasteiger partial charge in [0, 0.05) is 6.04 Å². The zero-order chi connectivity index (χ0) is 7.68. The van der Waals surface area contributed by atoms with Gasteiger partial charge in [-0.1, -0.05) is 6.92 Å². The van der Waals surface area contributed by atoms with Gasteiger partial charge in [0.2, 0.25) is 0 Å². The lowest BCUT2D eigenvalue weighted by atomic mass is 9.94. The second-order valence-corrected chi connectivity index (χ2v) is 3.74. The number of nitrogens with one attached hydrogen (secondary N) is 1. The molecule has 11 heavy (non-hydrogen) atoms. The number of rotatable bonds is 1. The Kier molecular flexibility index (Phi) is 2.14. The van der Waals surface area contributed by atoms with Gasteiger partial charge in [-0.2, -0.15) is 0 Å². The molecule has 2 nitrogen and oxygen atoms in total. The molecule has 0 amide bonds. The van der Waals surface area contributed by atoms with E-state index >= 15 is 0 Å². The van der Waals surface area contributed by atoms with Crippen LogP contribution < -0.4 is 5.32 Å². The Morgan fingerprint density at radius 2 is 2.36 bits per heavy atom. The van der Waals surface area contributed by atoms with Gasteiger partial charge >= 0.3 is 0 Å². The van der Waals surface area contributed by atoms with E-state index in [1.54, 1.807) is 0 Å². The molecule has 2 heterocycles. The van der Waals surface area contributed by atoms with Gasteiger partial charge in [0.05, 0.1) is 0 Å². The van der Waals surface area contributed by atoms with Crippen molar-refractivity contribution in [1.29, 1.82) is 0 Å². The van der Waals surface area contributed by atoms with E-state index in [-0.39, 0.29) is 0 Å². The highest BCUT2D eigenvalue weighted by atomic mass is 15.2. The number of piperidine rings is 1. The van der Waals surface area contributed by atoms with Crippen molar-refractivity contribution in [2.24, 2.45) is 5.92 Å². The molecule has 0 spiro atoms. The summed E-state index contributed by atoms with van der Waals surface area (Å²) in [6, 6.07) is 0.918. The first kappa shape index (κ1) is 7.56. The van der Waals surface area contributed by atoms with Crippen LogP contribution in [0.1, 0.15) is 19.8 Å². The molecule has 0 saturated carbocycles. The van der Waals surface area contributed by atoms with Crippen LogP contribution in [0.3, 0.4) is 0 Å². The van der Waals surface area contributed by atoms with E-state index in [0.29, 0.717) is 0 Å². The second-order valence-electron chi connectivity index (χ2n) is 3.74. The van der Waals surface area contributed by atoms with Gasteiger partial charge in [-0.05, 0) is 44.9 Å². The van der Waals surface area contributed by atoms with Gasteiger partial charge in [-0.25, -0.2) is 0 Å². The molecule has 0 aromatic heterocycles. The van der Waals surface area contributed by atoms with Gasteiger partial charge < -0.3 is 10.2 Å². The van der Waals surface area contributed by atoms with Crippen molar-refractivity contribution in [2.75, 3.05) is 26.2 Å². The average molecular weight is 154 g/mol. The minimum Gasteiger partial charge on any atom is -0.316 e. The van der Waals surface area contributed by atoms with E-state index in [4.69, 9.17) is 0 Å². The molecule has 2 rings (SSSR count). The lowest BCUT2D eigenvalue weighted by Crippen LogP contribution is -2.43. The van der Waals surface area contributed by atoms with Gasteiger partial charge in [-0.3, -0.25) is 0 Å². The lowest BCUT2D eigenvalue weighted by Gasteiger charge is -2.31. The van der Waals surface area contributed by atoms with Crippen LogP contribution >= 0.6 is 0 Å². The predicted octanol–water partition coefficient (Wildman–Crippen LogP) is 0.690. The normalized spacial score (nSPS) is 39.0. The first-order valence-corrected chi connectivity index (χ1v) is 4.86. The minimum absolute atomic E-state index is 0.918. The van der Waals surface area contributed by atoms with Crippen LogP contribution in [0.25, 0.3) is 0 Å². The van der Waals surface area contributed by atoms with Gasteiger partial charge in [0.25, 0.3) is 0 Å². The van der Waals surface area contributed by atoms with Crippen LogP contribution in [0.2, 0.25) is 0 Å². The summed E-state index contributed by atoms with van der Waals surface area (Å²) in [5.41, 5.74) is 0. The maximum Gasteiger partial charge on any atom is 0.0148 e. The Morgan fingerprint density at radius 3 is 3.18 bits per heavy atom. The van der Waals surface area contributed by atoms with E-state index in [1.807, 2.05) is 0 Å². The summed E-state index contributed by atoms with van der Waals surface area (Å²) < 4.78 is 0. The van der Waals surface area contributed by atoms with Crippen LogP contribution in [-0.2, 0) is 0 Å². The molecule has 0 aromatic carbocycles. The predicted molar refractivity (Wildman–Crippen MR) is 46.6 cm³/mol. The van der Waals surface area contributed by atoms with Crippen molar-refractivity contribution >= 4 is 0 Å². The summed E-state index contributed by atoms with van der Waals surface area (Å²) >= 11 is 0. The Bertz CT molecular complexity index is 130. The molecule has 2 unspecified atom stereocenters. The molecule has 2 aliphatic rings. The highest BCUT2D eigenvalue weighted by molar-refractivity contribution is 4.90. The third-order valence-corrected chi connectivity index (χ3v) is 3.23. The first-order chi connectivity index (χ1) is 5.42. The minimum atomic E-state index is 0.918. The number of fused-ring (bicyclic) bond motifs is 1. The van der Waals surface area contributed by atoms with Crippen molar-refractivity contribution < 1.29 is 0 Å². The molecule has 0 bridgehead atoms. The van der Waals surface area contributed by atoms with E-state index in [0.717, 1.165) is 12.0 Å². The molecular weight excluding hydrogens is 136 g/mol. The fraction of sp³-hybridized carbons (Fsp3) is 1.00. The highest BCUT2D eigenvalue weighted by Gasteiger charge is 2.34. The summed E-state index contributed by atoms with van der Waals surface area (Å²) in [6.45, 7) is 7.37. The largest absolute Gasteiger partial charge is 0.316 e. The van der Waals surface area contributed by atoms with Crippen LogP contribution in [-0.4, -0.2) is 37.1 Å². The molecule has 0 aromatic rings. The fourth-order valence-electron chi connectivity index (χ4n) is 2.57. The van der Waals surface area contributed by atoms with Crippen molar-refractivity contribution in [3.05, 3.63) is 0 Å². The highest BCUT2D eigenvalue weighted by Crippen LogP contribution is 2.27. The summed E-state index contributed by atoms with van der Waals surface area (Å²) in [5, 5.41) is 3.47. The third-order valence-electron chi connectivity index (χ3n) is 3.23. The maximum absolute atomic E-state index is 3.47. The average Bonchev–Trinajstić information content (AvgIpc) is 2.47. The quantitative estimate of drug-likeness (QED) is 0.598. The van der Waals surface area contributed by atoms with Crippen LogP contribution in [0.5, 0.6) is 0 Å². The molecular formula is C9H18N2. The van der Waals surface area contributed by atoms with E-state index in [9.17, 15) is 0 Å². The zero-order valence-corrected chi connectivity index (χ0v) is 7.34. The molecule has 2 heteroatoms. The summed E-state index contributed by atoms with van der Waals surface area (Å²) in [7, 11) is 0. The van der Waals surface area contributed by atoms with Crippen LogP contribution in [0, 0.1) is 5.92 Å². The van der Waals surface area contributed by atoms with Crippen LogP contribution in [0.15, 0.2) is 0 Å². The van der Waals surface area contributed by atoms with Crippen molar-refractivity contribution in [3.8, 4) is 0 Å². The van der Waals surface area contributed by atoms with Gasteiger partial charge in [0.15, 0.2) is 0 Å². The zero-order valence-electron chi connectivity index (χ0n) is 7.34. The topological polar surface area (TPSA) is 15.3 Å². The molecule has 64 valence electrons. The van der Waals surface area contributed by atoms with Crippen molar-refractivity contribution in [1.82, 2.24) is 10.2 Å². The molecule has 2 saturated heterocycles. The third kappa shape index (κ3) is 1.30. The van der Waals surface area contributed by atoms with Crippen LogP contribution in [0.4, 0.5) is 0 Å². The fourth-order valence-corrected chi connectivity index (χ4v) is 2.57. The Labute approximate surface area is 69.0 Å². The monoisotopic (exact) mass is 154 g/mol. The Hall–Kier alpha value is -0.0800. The first-order valence-electron chi connectivity index (χ1n) is 4.86. The van der Waals surface area contributed by atoms with Crippen molar-refractivity contribution in [2.45, 2.75) is 25.8 Å². The Morgan fingerprint density at radius 1 is 1.45 bits per heavy atom. The lowest BCUT2D eigenvalue weighted by molar-refractivity contribution is 0.199. The molecule has 2 fully saturated rings. The van der Waals surface area contributed by atoms with Gasteiger partial charge in [0.1, 0.15) is 0 Å². The summed E-state index contributed by atoms with van der Waals surface area (Å²) in [4.78, 5) is 2.64. The van der Waals surface area contributed by atoms with Gasteiger partial charge in [-0.15, -0.1) is 0 Å². The Balaban J connectivity index is 1.98. The molecule has 2 aliphatic heterocycles. The summed E-state index contributed by atoms with van der Waals surface area (Å²) in [5.74, 6) is 0.962. The smallest absolute Gasteiger partial charge is 0.0148 e. The number of likely N-dealkylation sites (tertiary alicyclic amines) is 1. The van der Waals surface area contributed by atoms with E-state index in [1.165, 1.54) is 39.0 Å². The maximum atomic E-state index is 3.47. The molecule has 1 N–H and O–H groups in total. The molecule has 0 radical (unpaired) electrons. The SMILES string of the molecule is CCN1CCC2CNCCC21. The molecule has 0 aliphatic carbocycles. The second kappa shape index (κ2) is 3.11. The van der Waals surface area contributed by atoms with E-state index in [2.05, 4.69) is 17.1 Å². The van der Waals surface area contributed by atoms with E-state index < -0.39 is 0 Å². The number of hydrogen-bond donors (Lipinski definition) is 1. The molecule has 2 atom stereocenters. The summed E-state index contributed by atoms with van der Waals surface area (Å²) in [6.07, 6.45) is 2.80. The number of nitrogens with zero attached hydrogens (tertiary/aromatic N) is 1. The number of hydrogen-bond acceptors (Lipinski definition) is 2.